The van der Waals surface area contributed by atoms with Crippen molar-refractivity contribution in [3.05, 3.63) is 0 Å². The Kier molecular flexibility index (Phi) is 4.35. The van der Waals surface area contributed by atoms with E-state index in [2.05, 4.69) is 5.32 Å². The van der Waals surface area contributed by atoms with E-state index in [1.807, 2.05) is 6.92 Å². The van der Waals surface area contributed by atoms with Crippen molar-refractivity contribution < 1.29 is 18.0 Å². The second kappa shape index (κ2) is 5.66. The molecular formula is C12H20F3N3O. The summed E-state index contributed by atoms with van der Waals surface area (Å²) in [4.78, 5) is 15.3. The molecule has 1 amide bonds. The van der Waals surface area contributed by atoms with Gasteiger partial charge in [-0.15, -0.1) is 0 Å². The molecule has 0 bridgehead atoms. The number of alkyl halides is 3. The van der Waals surface area contributed by atoms with Crippen LogP contribution in [-0.4, -0.2) is 67.7 Å². The summed E-state index contributed by atoms with van der Waals surface area (Å²) < 4.78 is 36.8. The lowest BCUT2D eigenvalue weighted by Crippen LogP contribution is -2.52. The molecule has 1 N–H and O–H groups in total. The number of hydrogen-bond acceptors (Lipinski definition) is 3. The summed E-state index contributed by atoms with van der Waals surface area (Å²) in [6.45, 7) is 4.09. The first-order chi connectivity index (χ1) is 8.87. The maximum Gasteiger partial charge on any atom is 0.401 e. The maximum absolute atomic E-state index is 12.3. The highest BCUT2D eigenvalue weighted by Gasteiger charge is 2.36. The van der Waals surface area contributed by atoms with Gasteiger partial charge in [-0.3, -0.25) is 9.69 Å². The van der Waals surface area contributed by atoms with Gasteiger partial charge in [-0.25, -0.2) is 0 Å². The quantitative estimate of drug-likeness (QED) is 0.802. The van der Waals surface area contributed by atoms with Gasteiger partial charge in [-0.05, 0) is 12.5 Å². The van der Waals surface area contributed by atoms with Gasteiger partial charge in [0.05, 0.1) is 12.5 Å². The lowest BCUT2D eigenvalue weighted by molar-refractivity contribution is -0.152. The van der Waals surface area contributed by atoms with Gasteiger partial charge >= 0.3 is 6.18 Å². The number of piperazine rings is 1. The molecule has 0 aliphatic carbocycles. The topological polar surface area (TPSA) is 35.6 Å². The predicted molar refractivity (Wildman–Crippen MR) is 64.6 cm³/mol. The van der Waals surface area contributed by atoms with Crippen molar-refractivity contribution >= 4 is 5.91 Å². The zero-order valence-corrected chi connectivity index (χ0v) is 11.0. The fraction of sp³-hybridized carbons (Fsp3) is 0.917. The summed E-state index contributed by atoms with van der Waals surface area (Å²) >= 11 is 0. The summed E-state index contributed by atoms with van der Waals surface area (Å²) in [6, 6.07) is 0. The lowest BCUT2D eigenvalue weighted by Gasteiger charge is -2.36. The SMILES string of the molecule is CC1CNCC1C(=O)N1CCN(CC(F)(F)F)CC1. The number of carbonyl (C=O) groups is 1. The summed E-state index contributed by atoms with van der Waals surface area (Å²) in [5.41, 5.74) is 0. The molecule has 110 valence electrons. The summed E-state index contributed by atoms with van der Waals surface area (Å²) in [5.74, 6) is 0.374. The standard InChI is InChI=1S/C12H20F3N3O/c1-9-6-16-7-10(9)11(19)18-4-2-17(3-5-18)8-12(13,14)15/h9-10,16H,2-8H2,1H3. The molecule has 2 heterocycles. The number of rotatable bonds is 2. The molecule has 2 aliphatic rings. The Morgan fingerprint density at radius 2 is 1.84 bits per heavy atom. The van der Waals surface area contributed by atoms with Crippen LogP contribution in [0.2, 0.25) is 0 Å². The molecule has 7 heteroatoms. The Hall–Kier alpha value is -0.820. The van der Waals surface area contributed by atoms with E-state index < -0.39 is 12.7 Å². The molecule has 0 saturated carbocycles. The number of halogens is 3. The third-order valence-electron chi connectivity index (χ3n) is 3.92. The maximum atomic E-state index is 12.3. The predicted octanol–water partition coefficient (Wildman–Crippen LogP) is 0.548. The van der Waals surface area contributed by atoms with Crippen LogP contribution in [-0.2, 0) is 4.79 Å². The fourth-order valence-corrected chi connectivity index (χ4v) is 2.76. The second-order valence-electron chi connectivity index (χ2n) is 5.46. The van der Waals surface area contributed by atoms with E-state index in [-0.39, 0.29) is 11.8 Å². The van der Waals surface area contributed by atoms with Gasteiger partial charge in [0.25, 0.3) is 0 Å². The molecule has 0 radical (unpaired) electrons. The molecule has 2 atom stereocenters. The Morgan fingerprint density at radius 3 is 2.32 bits per heavy atom. The van der Waals surface area contributed by atoms with Crippen molar-refractivity contribution in [3.63, 3.8) is 0 Å². The number of carbonyl (C=O) groups excluding carboxylic acids is 1. The van der Waals surface area contributed by atoms with Crippen molar-refractivity contribution in [2.24, 2.45) is 11.8 Å². The Bertz CT molecular complexity index is 327. The van der Waals surface area contributed by atoms with E-state index in [1.165, 1.54) is 4.90 Å². The van der Waals surface area contributed by atoms with Crippen molar-refractivity contribution in [1.82, 2.24) is 15.1 Å². The lowest BCUT2D eigenvalue weighted by atomic mass is 9.96. The minimum absolute atomic E-state index is 0.0193. The van der Waals surface area contributed by atoms with Crippen LogP contribution in [0, 0.1) is 11.8 Å². The second-order valence-corrected chi connectivity index (χ2v) is 5.46. The molecule has 0 aromatic carbocycles. The van der Waals surface area contributed by atoms with Crippen molar-refractivity contribution in [2.45, 2.75) is 13.1 Å². The average Bonchev–Trinajstić information content (AvgIpc) is 2.73. The average molecular weight is 279 g/mol. The minimum atomic E-state index is -4.16. The molecule has 2 rings (SSSR count). The van der Waals surface area contributed by atoms with Crippen molar-refractivity contribution in [3.8, 4) is 0 Å². The Labute approximate surface area is 110 Å². The number of nitrogens with one attached hydrogen (secondary N) is 1. The fourth-order valence-electron chi connectivity index (χ4n) is 2.76. The van der Waals surface area contributed by atoms with Gasteiger partial charge in [0, 0.05) is 32.7 Å². The Balaban J connectivity index is 1.81. The van der Waals surface area contributed by atoms with E-state index in [0.29, 0.717) is 38.6 Å². The Morgan fingerprint density at radius 1 is 1.21 bits per heavy atom. The van der Waals surface area contributed by atoms with E-state index in [4.69, 9.17) is 0 Å². The highest BCUT2D eigenvalue weighted by molar-refractivity contribution is 5.79. The van der Waals surface area contributed by atoms with Crippen LogP contribution >= 0.6 is 0 Å². The smallest absolute Gasteiger partial charge is 0.340 e. The van der Waals surface area contributed by atoms with Crippen LogP contribution in [0.25, 0.3) is 0 Å². The summed E-state index contributed by atoms with van der Waals surface area (Å²) in [5, 5.41) is 3.18. The highest BCUT2D eigenvalue weighted by Crippen LogP contribution is 2.21. The molecule has 2 fully saturated rings. The van der Waals surface area contributed by atoms with E-state index in [9.17, 15) is 18.0 Å². The molecule has 0 aromatic rings. The van der Waals surface area contributed by atoms with E-state index in [1.54, 1.807) is 4.90 Å². The molecule has 2 aliphatic heterocycles. The van der Waals surface area contributed by atoms with Gasteiger partial charge in [0.1, 0.15) is 0 Å². The highest BCUT2D eigenvalue weighted by atomic mass is 19.4. The van der Waals surface area contributed by atoms with Gasteiger partial charge in [0.15, 0.2) is 0 Å². The minimum Gasteiger partial charge on any atom is -0.340 e. The number of amides is 1. The van der Waals surface area contributed by atoms with Gasteiger partial charge in [0.2, 0.25) is 5.91 Å². The third kappa shape index (κ3) is 3.82. The summed E-state index contributed by atoms with van der Waals surface area (Å²) in [6.07, 6.45) is -4.16. The van der Waals surface area contributed by atoms with Gasteiger partial charge in [-0.1, -0.05) is 6.92 Å². The van der Waals surface area contributed by atoms with Crippen LogP contribution in [0.15, 0.2) is 0 Å². The summed E-state index contributed by atoms with van der Waals surface area (Å²) in [7, 11) is 0. The van der Waals surface area contributed by atoms with Crippen molar-refractivity contribution in [1.29, 1.82) is 0 Å². The first kappa shape index (κ1) is 14.6. The van der Waals surface area contributed by atoms with Crippen LogP contribution in [0.4, 0.5) is 13.2 Å². The zero-order valence-electron chi connectivity index (χ0n) is 11.0. The van der Waals surface area contributed by atoms with Gasteiger partial charge < -0.3 is 10.2 Å². The monoisotopic (exact) mass is 279 g/mol. The third-order valence-corrected chi connectivity index (χ3v) is 3.92. The first-order valence-corrected chi connectivity index (χ1v) is 6.65. The van der Waals surface area contributed by atoms with E-state index in [0.717, 1.165) is 6.54 Å². The van der Waals surface area contributed by atoms with E-state index >= 15 is 0 Å². The molecule has 2 unspecified atom stereocenters. The van der Waals surface area contributed by atoms with Crippen LogP contribution in [0.1, 0.15) is 6.92 Å². The normalized spacial score (nSPS) is 29.8. The van der Waals surface area contributed by atoms with Crippen LogP contribution in [0.5, 0.6) is 0 Å². The first-order valence-electron chi connectivity index (χ1n) is 6.65. The number of hydrogen-bond donors (Lipinski definition) is 1. The zero-order chi connectivity index (χ0) is 14.0. The van der Waals surface area contributed by atoms with Crippen LogP contribution in [0.3, 0.4) is 0 Å². The molecule has 2 saturated heterocycles. The number of nitrogens with zero attached hydrogens (tertiary/aromatic N) is 2. The van der Waals surface area contributed by atoms with Crippen molar-refractivity contribution in [2.75, 3.05) is 45.8 Å². The van der Waals surface area contributed by atoms with Crippen LogP contribution < -0.4 is 5.32 Å². The molecule has 0 spiro atoms. The molecule has 0 aromatic heterocycles. The molecule has 19 heavy (non-hydrogen) atoms. The van der Waals surface area contributed by atoms with Gasteiger partial charge in [-0.2, -0.15) is 13.2 Å². The largest absolute Gasteiger partial charge is 0.401 e. The molecule has 4 nitrogen and oxygen atoms in total. The molecular weight excluding hydrogens is 259 g/mol.